The zero-order valence-electron chi connectivity index (χ0n) is 9.15. The Morgan fingerprint density at radius 2 is 2.47 bits per heavy atom. The van der Waals surface area contributed by atoms with Crippen molar-refractivity contribution in [3.05, 3.63) is 34.5 Å². The van der Waals surface area contributed by atoms with Gasteiger partial charge in [0.2, 0.25) is 0 Å². The van der Waals surface area contributed by atoms with Gasteiger partial charge in [-0.25, -0.2) is 0 Å². The Morgan fingerprint density at radius 1 is 1.60 bits per heavy atom. The number of rotatable bonds is 3. The van der Waals surface area contributed by atoms with Gasteiger partial charge in [-0.3, -0.25) is 0 Å². The minimum atomic E-state index is -0.591. The van der Waals surface area contributed by atoms with Gasteiger partial charge in [0.05, 0.1) is 5.60 Å². The second kappa shape index (κ2) is 4.50. The molecule has 0 saturated heterocycles. The quantitative estimate of drug-likeness (QED) is 0.777. The Morgan fingerprint density at radius 3 is 3.00 bits per heavy atom. The summed E-state index contributed by atoms with van der Waals surface area (Å²) in [5, 5.41) is 14.6. The second-order valence-corrected chi connectivity index (χ2v) is 5.26. The molecule has 0 radical (unpaired) electrons. The van der Waals surface area contributed by atoms with E-state index in [1.165, 1.54) is 12.0 Å². The van der Waals surface area contributed by atoms with E-state index in [9.17, 15) is 5.11 Å². The van der Waals surface area contributed by atoms with Crippen LogP contribution in [-0.2, 0) is 6.42 Å². The molecule has 1 aliphatic rings. The molecule has 0 fully saturated rings. The topological polar surface area (TPSA) is 20.2 Å². The Labute approximate surface area is 95.5 Å². The highest BCUT2D eigenvalue weighted by molar-refractivity contribution is 7.07. The van der Waals surface area contributed by atoms with E-state index < -0.39 is 5.60 Å². The smallest absolute Gasteiger partial charge is 0.0868 e. The van der Waals surface area contributed by atoms with Crippen LogP contribution in [0.15, 0.2) is 29.0 Å². The van der Waals surface area contributed by atoms with E-state index in [4.69, 9.17) is 0 Å². The van der Waals surface area contributed by atoms with Crippen LogP contribution in [0.4, 0.5) is 0 Å². The van der Waals surface area contributed by atoms with Crippen molar-refractivity contribution in [2.24, 2.45) is 5.92 Å². The molecule has 82 valence electrons. The maximum atomic E-state index is 10.4. The standard InChI is InChI=1S/C13H18OS/c1-2-11-3-6-13(14,7-4-11)9-12-5-8-15-10-12/h3,5-6,8,10-11,14H,2,4,7,9H2,1H3. The fourth-order valence-corrected chi connectivity index (χ4v) is 2.83. The largest absolute Gasteiger partial charge is 0.385 e. The third-order valence-corrected chi connectivity index (χ3v) is 3.97. The summed E-state index contributed by atoms with van der Waals surface area (Å²) in [6, 6.07) is 2.10. The average molecular weight is 222 g/mol. The highest BCUT2D eigenvalue weighted by Crippen LogP contribution is 2.30. The molecule has 1 nitrogen and oxygen atoms in total. The van der Waals surface area contributed by atoms with E-state index in [-0.39, 0.29) is 0 Å². The lowest BCUT2D eigenvalue weighted by Gasteiger charge is -2.30. The van der Waals surface area contributed by atoms with Gasteiger partial charge in [0.25, 0.3) is 0 Å². The van der Waals surface area contributed by atoms with E-state index in [1.54, 1.807) is 11.3 Å². The van der Waals surface area contributed by atoms with Gasteiger partial charge in [-0.1, -0.05) is 19.1 Å². The lowest BCUT2D eigenvalue weighted by molar-refractivity contribution is 0.0688. The maximum Gasteiger partial charge on any atom is 0.0868 e. The van der Waals surface area contributed by atoms with Gasteiger partial charge in [0, 0.05) is 6.42 Å². The molecule has 15 heavy (non-hydrogen) atoms. The number of allylic oxidation sites excluding steroid dienone is 1. The Hall–Kier alpha value is -0.600. The summed E-state index contributed by atoms with van der Waals surface area (Å²) in [6.45, 7) is 2.21. The van der Waals surface area contributed by atoms with Crippen LogP contribution in [0.25, 0.3) is 0 Å². The Bertz CT molecular complexity index is 328. The molecule has 2 atom stereocenters. The zero-order chi connectivity index (χ0) is 10.7. The molecule has 0 amide bonds. The summed E-state index contributed by atoms with van der Waals surface area (Å²) in [6.07, 6.45) is 8.18. The predicted octanol–water partition coefficient (Wildman–Crippen LogP) is 3.40. The summed E-state index contributed by atoms with van der Waals surface area (Å²) in [7, 11) is 0. The van der Waals surface area contributed by atoms with Gasteiger partial charge in [0.15, 0.2) is 0 Å². The fraction of sp³-hybridized carbons (Fsp3) is 0.538. The molecule has 1 N–H and O–H groups in total. The third kappa shape index (κ3) is 2.70. The summed E-state index contributed by atoms with van der Waals surface area (Å²) in [5.74, 6) is 0.674. The van der Waals surface area contributed by atoms with E-state index in [0.29, 0.717) is 5.92 Å². The lowest BCUT2D eigenvalue weighted by atomic mass is 9.81. The van der Waals surface area contributed by atoms with Gasteiger partial charge in [-0.15, -0.1) is 0 Å². The molecule has 1 aromatic rings. The van der Waals surface area contributed by atoms with Crippen LogP contribution in [0.2, 0.25) is 0 Å². The molecule has 1 aromatic heterocycles. The molecular weight excluding hydrogens is 204 g/mol. The first-order chi connectivity index (χ1) is 7.22. The zero-order valence-corrected chi connectivity index (χ0v) is 9.96. The lowest BCUT2D eigenvalue weighted by Crippen LogP contribution is -2.32. The molecule has 2 unspecified atom stereocenters. The second-order valence-electron chi connectivity index (χ2n) is 4.48. The third-order valence-electron chi connectivity index (χ3n) is 3.24. The monoisotopic (exact) mass is 222 g/mol. The van der Waals surface area contributed by atoms with Crippen LogP contribution < -0.4 is 0 Å². The minimum Gasteiger partial charge on any atom is -0.385 e. The van der Waals surface area contributed by atoms with Crippen molar-refractivity contribution in [2.45, 2.75) is 38.2 Å². The molecule has 1 aliphatic carbocycles. The Kier molecular flexibility index (Phi) is 3.27. The molecule has 1 heterocycles. The van der Waals surface area contributed by atoms with Crippen LogP contribution in [0.3, 0.4) is 0 Å². The SMILES string of the molecule is CCC1C=CC(O)(Cc2ccsc2)CC1. The van der Waals surface area contributed by atoms with Crippen LogP contribution in [0.1, 0.15) is 31.7 Å². The summed E-state index contributed by atoms with van der Waals surface area (Å²) in [4.78, 5) is 0. The molecule has 0 aliphatic heterocycles. The summed E-state index contributed by atoms with van der Waals surface area (Å²) < 4.78 is 0. The molecule has 2 heteroatoms. The van der Waals surface area contributed by atoms with Gasteiger partial charge < -0.3 is 5.11 Å². The van der Waals surface area contributed by atoms with Crippen LogP contribution >= 0.6 is 11.3 Å². The maximum absolute atomic E-state index is 10.4. The van der Waals surface area contributed by atoms with Crippen molar-refractivity contribution in [3.8, 4) is 0 Å². The summed E-state index contributed by atoms with van der Waals surface area (Å²) in [5.41, 5.74) is 0.661. The first-order valence-electron chi connectivity index (χ1n) is 5.65. The minimum absolute atomic E-state index is 0.591. The Balaban J connectivity index is 2.03. The van der Waals surface area contributed by atoms with Crippen molar-refractivity contribution in [1.29, 1.82) is 0 Å². The van der Waals surface area contributed by atoms with Gasteiger partial charge in [-0.05, 0) is 47.6 Å². The fourth-order valence-electron chi connectivity index (χ4n) is 2.16. The molecule has 0 aromatic carbocycles. The van der Waals surface area contributed by atoms with Crippen LogP contribution in [0, 0.1) is 5.92 Å². The molecule has 0 bridgehead atoms. The summed E-state index contributed by atoms with van der Waals surface area (Å²) >= 11 is 1.70. The highest BCUT2D eigenvalue weighted by Gasteiger charge is 2.28. The van der Waals surface area contributed by atoms with Gasteiger partial charge >= 0.3 is 0 Å². The van der Waals surface area contributed by atoms with Crippen LogP contribution in [-0.4, -0.2) is 10.7 Å². The van der Waals surface area contributed by atoms with Crippen molar-refractivity contribution in [2.75, 3.05) is 0 Å². The van der Waals surface area contributed by atoms with E-state index in [1.807, 2.05) is 6.08 Å². The number of aliphatic hydroxyl groups is 1. The van der Waals surface area contributed by atoms with Crippen LogP contribution in [0.5, 0.6) is 0 Å². The molecular formula is C13H18OS. The molecule has 0 spiro atoms. The van der Waals surface area contributed by atoms with Gasteiger partial charge in [0.1, 0.15) is 0 Å². The van der Waals surface area contributed by atoms with Crippen molar-refractivity contribution in [1.82, 2.24) is 0 Å². The van der Waals surface area contributed by atoms with Crippen molar-refractivity contribution in [3.63, 3.8) is 0 Å². The molecule has 0 saturated carbocycles. The van der Waals surface area contributed by atoms with E-state index in [2.05, 4.69) is 29.8 Å². The average Bonchev–Trinajstić information content (AvgIpc) is 2.71. The van der Waals surface area contributed by atoms with E-state index in [0.717, 1.165) is 19.3 Å². The predicted molar refractivity (Wildman–Crippen MR) is 65.1 cm³/mol. The van der Waals surface area contributed by atoms with Gasteiger partial charge in [-0.2, -0.15) is 11.3 Å². The van der Waals surface area contributed by atoms with Crippen molar-refractivity contribution < 1.29 is 5.11 Å². The highest BCUT2D eigenvalue weighted by atomic mass is 32.1. The first-order valence-corrected chi connectivity index (χ1v) is 6.59. The normalized spacial score (nSPS) is 30.7. The first kappa shape index (κ1) is 10.9. The molecule has 2 rings (SSSR count). The van der Waals surface area contributed by atoms with Crippen molar-refractivity contribution >= 4 is 11.3 Å². The number of hydrogen-bond donors (Lipinski definition) is 1. The van der Waals surface area contributed by atoms with E-state index >= 15 is 0 Å². The number of thiophene rings is 1. The number of hydrogen-bond acceptors (Lipinski definition) is 2.